The normalized spacial score (nSPS) is 24.6. The molecule has 0 aliphatic heterocycles. The Morgan fingerprint density at radius 3 is 2.50 bits per heavy atom. The van der Waals surface area contributed by atoms with Crippen molar-refractivity contribution in [1.29, 1.82) is 0 Å². The fourth-order valence-electron chi connectivity index (χ4n) is 3.35. The second-order valence-electron chi connectivity index (χ2n) is 7.20. The third-order valence-electron chi connectivity index (χ3n) is 4.28. The number of fused-ring (bicyclic) bond motifs is 1. The zero-order valence-electron chi connectivity index (χ0n) is 12.9. The lowest BCUT2D eigenvalue weighted by atomic mass is 9.70. The van der Waals surface area contributed by atoms with Gasteiger partial charge in [-0.2, -0.15) is 0 Å². The lowest BCUT2D eigenvalue weighted by Crippen LogP contribution is -2.47. The molecule has 1 atom stereocenters. The zero-order valence-corrected chi connectivity index (χ0v) is 12.9. The summed E-state index contributed by atoms with van der Waals surface area (Å²) in [7, 11) is 1.43. The van der Waals surface area contributed by atoms with Gasteiger partial charge in [-0.15, -0.1) is 0 Å². The molecule has 2 rings (SSSR count). The summed E-state index contributed by atoms with van der Waals surface area (Å²) < 4.78 is 19.2. The number of benzene rings is 1. The summed E-state index contributed by atoms with van der Waals surface area (Å²) in [6.45, 7) is 7.70. The quantitative estimate of drug-likeness (QED) is 0.895. The number of halogens is 1. The lowest BCUT2D eigenvalue weighted by Gasteiger charge is -2.42. The minimum Gasteiger partial charge on any atom is -0.493 e. The van der Waals surface area contributed by atoms with Gasteiger partial charge >= 0.3 is 0 Å². The van der Waals surface area contributed by atoms with E-state index in [1.165, 1.54) is 13.2 Å². The molecule has 1 aromatic carbocycles. The summed E-state index contributed by atoms with van der Waals surface area (Å²) >= 11 is 0. The molecule has 0 spiro atoms. The van der Waals surface area contributed by atoms with E-state index in [-0.39, 0.29) is 5.75 Å². The third-order valence-corrected chi connectivity index (χ3v) is 4.28. The van der Waals surface area contributed by atoms with E-state index in [1.54, 1.807) is 6.07 Å². The van der Waals surface area contributed by atoms with Gasteiger partial charge in [-0.05, 0) is 38.3 Å². The first-order valence-corrected chi connectivity index (χ1v) is 6.89. The van der Waals surface area contributed by atoms with Gasteiger partial charge in [-0.1, -0.05) is 19.9 Å². The topological polar surface area (TPSA) is 55.5 Å². The van der Waals surface area contributed by atoms with Gasteiger partial charge in [0.05, 0.1) is 7.11 Å². The van der Waals surface area contributed by atoms with E-state index >= 15 is 0 Å². The molecular weight excluding hydrogens is 257 g/mol. The van der Waals surface area contributed by atoms with Crippen LogP contribution in [-0.2, 0) is 12.0 Å². The summed E-state index contributed by atoms with van der Waals surface area (Å²) in [6, 6.07) is 3.13. The molecule has 1 aliphatic rings. The summed E-state index contributed by atoms with van der Waals surface area (Å²) in [4.78, 5) is 0. The van der Waals surface area contributed by atoms with Crippen molar-refractivity contribution in [1.82, 2.24) is 0 Å². The Hall–Kier alpha value is -1.13. The Balaban J connectivity index is 2.67. The molecule has 0 fully saturated rings. The van der Waals surface area contributed by atoms with E-state index in [0.29, 0.717) is 18.4 Å². The lowest BCUT2D eigenvalue weighted by molar-refractivity contribution is -0.0795. The number of aliphatic hydroxyl groups is 1. The Bertz CT molecular complexity index is 534. The molecule has 112 valence electrons. The highest BCUT2D eigenvalue weighted by molar-refractivity contribution is 5.51. The van der Waals surface area contributed by atoms with E-state index in [1.807, 2.05) is 27.7 Å². The first kappa shape index (κ1) is 15.3. The van der Waals surface area contributed by atoms with Crippen LogP contribution in [0.25, 0.3) is 0 Å². The van der Waals surface area contributed by atoms with Crippen LogP contribution < -0.4 is 10.5 Å². The largest absolute Gasteiger partial charge is 0.493 e. The van der Waals surface area contributed by atoms with Crippen molar-refractivity contribution in [2.24, 2.45) is 11.1 Å². The van der Waals surface area contributed by atoms with Gasteiger partial charge in [0.1, 0.15) is 5.60 Å². The molecule has 0 heterocycles. The molecule has 1 unspecified atom stereocenters. The van der Waals surface area contributed by atoms with Crippen molar-refractivity contribution >= 4 is 0 Å². The highest BCUT2D eigenvalue weighted by Gasteiger charge is 2.54. The van der Waals surface area contributed by atoms with Gasteiger partial charge in [-0.3, -0.25) is 0 Å². The fourth-order valence-corrected chi connectivity index (χ4v) is 3.35. The summed E-state index contributed by atoms with van der Waals surface area (Å²) in [5.41, 5.74) is 5.41. The number of rotatable bonds is 3. The Labute approximate surface area is 119 Å². The molecule has 3 nitrogen and oxygen atoms in total. The van der Waals surface area contributed by atoms with Gasteiger partial charge in [0.15, 0.2) is 11.6 Å². The van der Waals surface area contributed by atoms with Gasteiger partial charge in [0, 0.05) is 16.5 Å². The molecule has 0 amide bonds. The number of ether oxygens (including phenoxy) is 1. The smallest absolute Gasteiger partial charge is 0.165 e. The highest BCUT2D eigenvalue weighted by atomic mass is 19.1. The maximum atomic E-state index is 14.0. The van der Waals surface area contributed by atoms with Crippen molar-refractivity contribution in [3.05, 3.63) is 29.1 Å². The zero-order chi connectivity index (χ0) is 15.3. The predicted molar refractivity (Wildman–Crippen MR) is 77.2 cm³/mol. The fraction of sp³-hybridized carbons (Fsp3) is 0.625. The van der Waals surface area contributed by atoms with E-state index in [0.717, 1.165) is 5.56 Å². The SMILES string of the molecule is COc1c(F)ccc2c1C(O)(CC(C)(C)N)C(C)(C)C2. The van der Waals surface area contributed by atoms with Crippen molar-refractivity contribution in [3.63, 3.8) is 0 Å². The van der Waals surface area contributed by atoms with Crippen LogP contribution in [0.5, 0.6) is 5.75 Å². The Morgan fingerprint density at radius 2 is 2.00 bits per heavy atom. The van der Waals surface area contributed by atoms with Crippen LogP contribution in [0.1, 0.15) is 45.2 Å². The maximum Gasteiger partial charge on any atom is 0.165 e. The van der Waals surface area contributed by atoms with Gasteiger partial charge in [0.25, 0.3) is 0 Å². The van der Waals surface area contributed by atoms with Crippen LogP contribution in [0, 0.1) is 11.2 Å². The number of hydrogen-bond donors (Lipinski definition) is 2. The van der Waals surface area contributed by atoms with Crippen molar-refractivity contribution in [2.75, 3.05) is 7.11 Å². The summed E-state index contributed by atoms with van der Waals surface area (Å²) in [5, 5.41) is 11.3. The highest BCUT2D eigenvalue weighted by Crippen LogP contribution is 2.56. The van der Waals surface area contributed by atoms with Crippen LogP contribution in [0.15, 0.2) is 12.1 Å². The average Bonchev–Trinajstić information content (AvgIpc) is 2.45. The average molecular weight is 281 g/mol. The molecule has 0 bridgehead atoms. The summed E-state index contributed by atoms with van der Waals surface area (Å²) in [5.74, 6) is -0.308. The molecule has 3 N–H and O–H groups in total. The Kier molecular flexibility index (Phi) is 3.38. The third kappa shape index (κ3) is 2.21. The molecule has 0 radical (unpaired) electrons. The molecule has 0 saturated carbocycles. The minimum absolute atomic E-state index is 0.139. The van der Waals surface area contributed by atoms with Crippen LogP contribution in [-0.4, -0.2) is 17.8 Å². The van der Waals surface area contributed by atoms with Gasteiger partial charge in [-0.25, -0.2) is 4.39 Å². The first-order chi connectivity index (χ1) is 9.02. The Morgan fingerprint density at radius 1 is 1.40 bits per heavy atom. The van der Waals surface area contributed by atoms with Crippen molar-refractivity contribution in [3.8, 4) is 5.75 Å². The standard InChI is InChI=1S/C16H24FNO2/c1-14(2)8-10-6-7-11(17)13(20-5)12(10)16(14,19)9-15(3,4)18/h6-7,19H,8-9,18H2,1-5H3. The van der Waals surface area contributed by atoms with Crippen LogP contribution in [0.2, 0.25) is 0 Å². The second-order valence-corrected chi connectivity index (χ2v) is 7.20. The molecular formula is C16H24FNO2. The molecule has 4 heteroatoms. The number of nitrogens with two attached hydrogens (primary N) is 1. The van der Waals surface area contributed by atoms with Gasteiger partial charge < -0.3 is 15.6 Å². The maximum absolute atomic E-state index is 14.0. The van der Waals surface area contributed by atoms with Crippen molar-refractivity contribution in [2.45, 2.75) is 51.7 Å². The van der Waals surface area contributed by atoms with Crippen LogP contribution >= 0.6 is 0 Å². The van der Waals surface area contributed by atoms with E-state index in [4.69, 9.17) is 10.5 Å². The van der Waals surface area contributed by atoms with Crippen molar-refractivity contribution < 1.29 is 14.2 Å². The summed E-state index contributed by atoms with van der Waals surface area (Å²) in [6.07, 6.45) is 1.02. The van der Waals surface area contributed by atoms with Crippen LogP contribution in [0.4, 0.5) is 4.39 Å². The van der Waals surface area contributed by atoms with E-state index in [2.05, 4.69) is 0 Å². The van der Waals surface area contributed by atoms with E-state index in [9.17, 15) is 9.50 Å². The molecule has 1 aliphatic carbocycles. The molecule has 1 aromatic rings. The molecule has 20 heavy (non-hydrogen) atoms. The van der Waals surface area contributed by atoms with E-state index < -0.39 is 22.4 Å². The second kappa shape index (κ2) is 4.43. The van der Waals surface area contributed by atoms with Gasteiger partial charge in [0.2, 0.25) is 0 Å². The monoisotopic (exact) mass is 281 g/mol. The molecule has 0 saturated heterocycles. The predicted octanol–water partition coefficient (Wildman–Crippen LogP) is 2.73. The molecule has 0 aromatic heterocycles. The minimum atomic E-state index is -1.20. The number of methoxy groups -OCH3 is 1. The number of hydrogen-bond acceptors (Lipinski definition) is 3. The van der Waals surface area contributed by atoms with Crippen LogP contribution in [0.3, 0.4) is 0 Å². The first-order valence-electron chi connectivity index (χ1n) is 6.89.